The third kappa shape index (κ3) is 3.79. The van der Waals surface area contributed by atoms with E-state index in [1.54, 1.807) is 12.3 Å². The zero-order valence-corrected chi connectivity index (χ0v) is 20.9. The normalized spacial score (nSPS) is 24.6. The second kappa shape index (κ2) is 8.83. The summed E-state index contributed by atoms with van der Waals surface area (Å²) in [6.07, 6.45) is 2.56. The molecule has 3 aliphatic rings. The number of aromatic nitrogens is 1. The number of rotatable bonds is 5. The van der Waals surface area contributed by atoms with E-state index in [4.69, 9.17) is 4.74 Å². The molecule has 3 aromatic rings. The summed E-state index contributed by atoms with van der Waals surface area (Å²) in [6.45, 7) is 3.71. The number of para-hydroxylation sites is 1. The van der Waals surface area contributed by atoms with Gasteiger partial charge in [0.2, 0.25) is 5.91 Å². The number of likely N-dealkylation sites (tertiary alicyclic amines) is 1. The Morgan fingerprint density at radius 3 is 2.78 bits per heavy atom. The van der Waals surface area contributed by atoms with Crippen molar-refractivity contribution in [3.05, 3.63) is 77.5 Å². The highest BCUT2D eigenvalue weighted by Gasteiger charge is 2.58. The minimum absolute atomic E-state index is 0.0505. The number of benzene rings is 2. The molecule has 0 saturated carbocycles. The van der Waals surface area contributed by atoms with Gasteiger partial charge < -0.3 is 25.6 Å². The third-order valence-corrected chi connectivity index (χ3v) is 8.55. The van der Waals surface area contributed by atoms with E-state index in [1.807, 2.05) is 55.5 Å². The molecule has 3 amide bonds. The monoisotopic (exact) mass is 501 g/mol. The minimum atomic E-state index is -1.11. The van der Waals surface area contributed by atoms with Crippen LogP contribution in [0.2, 0.25) is 0 Å². The van der Waals surface area contributed by atoms with E-state index in [2.05, 4.69) is 32.9 Å². The Hall–Kier alpha value is -3.56. The summed E-state index contributed by atoms with van der Waals surface area (Å²) in [4.78, 5) is 33.7. The average Bonchev–Trinajstić information content (AvgIpc) is 3.42. The van der Waals surface area contributed by atoms with Gasteiger partial charge in [-0.1, -0.05) is 36.0 Å². The van der Waals surface area contributed by atoms with Gasteiger partial charge in [-0.15, -0.1) is 0 Å². The van der Waals surface area contributed by atoms with Crippen LogP contribution in [0.3, 0.4) is 0 Å². The first-order valence-electron chi connectivity index (χ1n) is 12.0. The van der Waals surface area contributed by atoms with E-state index in [9.17, 15) is 9.59 Å². The van der Waals surface area contributed by atoms with Crippen molar-refractivity contribution in [1.82, 2.24) is 20.5 Å². The number of nitrogens with one attached hydrogen (secondary N) is 3. The maximum absolute atomic E-state index is 14.3. The Morgan fingerprint density at radius 2 is 2.03 bits per heavy atom. The van der Waals surface area contributed by atoms with Gasteiger partial charge in [-0.05, 0) is 68.4 Å². The number of ether oxygens (including phenoxy) is 1. The van der Waals surface area contributed by atoms with Gasteiger partial charge in [-0.25, -0.2) is 9.78 Å². The maximum Gasteiger partial charge on any atom is 0.319 e. The molecule has 3 N–H and O–H groups in total. The summed E-state index contributed by atoms with van der Waals surface area (Å²) in [7, 11) is 2.06. The smallest absolute Gasteiger partial charge is 0.319 e. The first-order valence-corrected chi connectivity index (χ1v) is 12.8. The second-order valence-electron chi connectivity index (χ2n) is 9.56. The maximum atomic E-state index is 14.3. The Kier molecular flexibility index (Phi) is 5.61. The summed E-state index contributed by atoms with van der Waals surface area (Å²) in [5, 5.41) is 9.95. The van der Waals surface area contributed by atoms with Gasteiger partial charge >= 0.3 is 6.03 Å². The third-order valence-electron chi connectivity index (χ3n) is 7.07. The van der Waals surface area contributed by atoms with Gasteiger partial charge in [0.25, 0.3) is 0 Å². The lowest BCUT2D eigenvalue weighted by Crippen LogP contribution is -2.54. The van der Waals surface area contributed by atoms with Crippen molar-refractivity contribution >= 4 is 29.4 Å². The van der Waals surface area contributed by atoms with Crippen LogP contribution < -0.4 is 20.7 Å². The molecule has 3 aliphatic heterocycles. The number of amides is 3. The average molecular weight is 502 g/mol. The fourth-order valence-electron chi connectivity index (χ4n) is 5.40. The lowest BCUT2D eigenvalue weighted by molar-refractivity contribution is -0.125. The molecule has 1 saturated heterocycles. The quantitative estimate of drug-likeness (QED) is 0.486. The Balaban J connectivity index is 1.43. The number of aryl methyl sites for hydroxylation is 1. The van der Waals surface area contributed by atoms with E-state index in [0.717, 1.165) is 47.0 Å². The molecule has 8 nitrogen and oxygen atoms in total. The molecule has 1 aromatic heterocycles. The van der Waals surface area contributed by atoms with Gasteiger partial charge in [0.05, 0.1) is 11.7 Å². The lowest BCUT2D eigenvalue weighted by atomic mass is 9.82. The van der Waals surface area contributed by atoms with E-state index in [0.29, 0.717) is 11.4 Å². The molecule has 9 heteroatoms. The standard InChI is InChI=1S/C27H27N5O3S/c1-16-14-19(35-18-6-4-3-5-7-18)8-9-20(16)27(25(33)29-17-11-13-32(2)15-17)23-22-21(30-26(34)31-23)10-12-28-24(22)36-27/h3-10,12,14,17,23H,11,13,15H2,1-2H3,(H,29,33)(H2,30,31,34). The van der Waals surface area contributed by atoms with Crippen LogP contribution in [0.25, 0.3) is 0 Å². The Bertz CT molecular complexity index is 1350. The number of anilines is 1. The van der Waals surface area contributed by atoms with Crippen molar-refractivity contribution in [2.45, 2.75) is 35.2 Å². The van der Waals surface area contributed by atoms with Crippen LogP contribution in [-0.4, -0.2) is 48.0 Å². The van der Waals surface area contributed by atoms with Crippen LogP contribution in [0, 0.1) is 6.92 Å². The number of thioether (sulfide) groups is 1. The van der Waals surface area contributed by atoms with Crippen LogP contribution >= 0.6 is 11.8 Å². The van der Waals surface area contributed by atoms with Crippen LogP contribution in [0.4, 0.5) is 10.5 Å². The van der Waals surface area contributed by atoms with E-state index in [1.165, 1.54) is 11.8 Å². The van der Waals surface area contributed by atoms with Gasteiger partial charge in [0, 0.05) is 24.3 Å². The predicted octanol–water partition coefficient (Wildman–Crippen LogP) is 4.18. The summed E-state index contributed by atoms with van der Waals surface area (Å²) < 4.78 is 4.94. The van der Waals surface area contributed by atoms with E-state index in [-0.39, 0.29) is 18.0 Å². The molecule has 1 fully saturated rings. The molecule has 6 rings (SSSR count). The first kappa shape index (κ1) is 22.9. The van der Waals surface area contributed by atoms with Crippen molar-refractivity contribution in [3.8, 4) is 11.5 Å². The van der Waals surface area contributed by atoms with Crippen molar-refractivity contribution in [1.29, 1.82) is 0 Å². The number of urea groups is 1. The molecule has 3 atom stereocenters. The van der Waals surface area contributed by atoms with Gasteiger partial charge in [0.1, 0.15) is 16.5 Å². The van der Waals surface area contributed by atoms with Gasteiger partial charge in [-0.2, -0.15) is 0 Å². The summed E-state index contributed by atoms with van der Waals surface area (Å²) in [5.41, 5.74) is 3.27. The number of hydrogen-bond acceptors (Lipinski definition) is 6. The summed E-state index contributed by atoms with van der Waals surface area (Å²) >= 11 is 1.41. The molecular formula is C27H27N5O3S. The highest BCUT2D eigenvalue weighted by Crippen LogP contribution is 2.60. The predicted molar refractivity (Wildman–Crippen MR) is 138 cm³/mol. The number of pyridine rings is 1. The van der Waals surface area contributed by atoms with Gasteiger partial charge in [0.15, 0.2) is 4.75 Å². The number of carbonyl (C=O) groups excluding carboxylic acids is 2. The van der Waals surface area contributed by atoms with Crippen LogP contribution in [0.1, 0.15) is 29.2 Å². The zero-order valence-electron chi connectivity index (χ0n) is 20.1. The molecular weight excluding hydrogens is 474 g/mol. The fourth-order valence-corrected chi connectivity index (χ4v) is 6.94. The molecule has 0 aliphatic carbocycles. The number of hydrogen-bond donors (Lipinski definition) is 3. The highest BCUT2D eigenvalue weighted by atomic mass is 32.2. The number of nitrogens with zero attached hydrogens (tertiary/aromatic N) is 2. The van der Waals surface area contributed by atoms with E-state index >= 15 is 0 Å². The lowest BCUT2D eigenvalue weighted by Gasteiger charge is -2.38. The number of carbonyl (C=O) groups is 2. The molecule has 2 aromatic carbocycles. The van der Waals surface area contributed by atoms with Crippen LogP contribution in [0.5, 0.6) is 11.5 Å². The fraction of sp³-hybridized carbons (Fsp3) is 0.296. The summed E-state index contributed by atoms with van der Waals surface area (Å²) in [5.74, 6) is 1.30. The molecule has 4 heterocycles. The molecule has 0 spiro atoms. The Morgan fingerprint density at radius 1 is 1.19 bits per heavy atom. The number of likely N-dealkylation sites (N-methyl/N-ethyl adjacent to an activating group) is 1. The SMILES string of the molecule is Cc1cc(Oc2ccccc2)ccc1C1(C(=O)NC2CCN(C)C2)Sc2nccc3c2C1NC(=O)N3. The van der Waals surface area contributed by atoms with Gasteiger partial charge in [-0.3, -0.25) is 4.79 Å². The van der Waals surface area contributed by atoms with Crippen molar-refractivity contribution < 1.29 is 14.3 Å². The molecule has 0 bridgehead atoms. The van der Waals surface area contributed by atoms with Crippen molar-refractivity contribution in [2.24, 2.45) is 0 Å². The second-order valence-corrected chi connectivity index (χ2v) is 10.8. The first-order chi connectivity index (χ1) is 17.4. The molecule has 36 heavy (non-hydrogen) atoms. The van der Waals surface area contributed by atoms with Crippen molar-refractivity contribution in [3.63, 3.8) is 0 Å². The zero-order chi connectivity index (χ0) is 24.9. The molecule has 184 valence electrons. The van der Waals surface area contributed by atoms with Crippen LogP contribution in [-0.2, 0) is 9.54 Å². The van der Waals surface area contributed by atoms with Crippen LogP contribution in [0.15, 0.2) is 65.8 Å². The Labute approximate surface area is 213 Å². The topological polar surface area (TPSA) is 95.6 Å². The molecule has 0 radical (unpaired) electrons. The summed E-state index contributed by atoms with van der Waals surface area (Å²) in [6, 6.07) is 16.3. The molecule has 3 unspecified atom stereocenters. The van der Waals surface area contributed by atoms with Crippen molar-refractivity contribution in [2.75, 3.05) is 25.5 Å². The highest BCUT2D eigenvalue weighted by molar-refractivity contribution is 8.01. The largest absolute Gasteiger partial charge is 0.457 e. The minimum Gasteiger partial charge on any atom is -0.457 e. The van der Waals surface area contributed by atoms with E-state index < -0.39 is 10.8 Å².